The molecule has 0 aliphatic heterocycles. The van der Waals surface area contributed by atoms with Crippen molar-refractivity contribution >= 4 is 17.2 Å². The van der Waals surface area contributed by atoms with Gasteiger partial charge in [-0.25, -0.2) is 0 Å². The van der Waals surface area contributed by atoms with Crippen LogP contribution < -0.4 is 10.5 Å². The van der Waals surface area contributed by atoms with Crippen LogP contribution in [0.3, 0.4) is 0 Å². The van der Waals surface area contributed by atoms with E-state index in [1.807, 2.05) is 24.3 Å². The van der Waals surface area contributed by atoms with Gasteiger partial charge < -0.3 is 20.5 Å². The smallest absolute Gasteiger partial charge is 0.129 e. The zero-order valence-electron chi connectivity index (χ0n) is 11.3. The number of aliphatic hydroxyl groups excluding tert-OH is 1. The first-order chi connectivity index (χ1) is 9.19. The van der Waals surface area contributed by atoms with Gasteiger partial charge in [-0.05, 0) is 25.1 Å². The van der Waals surface area contributed by atoms with E-state index in [0.717, 1.165) is 30.8 Å². The monoisotopic (exact) mass is 282 g/mol. The first kappa shape index (κ1) is 15.9. The summed E-state index contributed by atoms with van der Waals surface area (Å²) < 4.78 is 5.71. The molecule has 0 fully saturated rings. The van der Waals surface area contributed by atoms with Crippen molar-refractivity contribution in [3.8, 4) is 5.75 Å². The molecule has 1 aromatic carbocycles. The van der Waals surface area contributed by atoms with Crippen LogP contribution in [0.5, 0.6) is 5.75 Å². The summed E-state index contributed by atoms with van der Waals surface area (Å²) in [7, 11) is 0. The molecule has 0 atom stereocenters. The molecule has 0 saturated carbocycles. The zero-order valence-corrected chi connectivity index (χ0v) is 12.2. The lowest BCUT2D eigenvalue weighted by molar-refractivity contribution is 0.189. The fourth-order valence-electron chi connectivity index (χ4n) is 1.84. The van der Waals surface area contributed by atoms with Crippen molar-refractivity contribution in [1.82, 2.24) is 4.90 Å². The highest BCUT2D eigenvalue weighted by molar-refractivity contribution is 7.80. The van der Waals surface area contributed by atoms with Crippen molar-refractivity contribution in [1.29, 1.82) is 0 Å². The molecule has 0 saturated heterocycles. The number of rotatable bonds is 9. The average molecular weight is 282 g/mol. The second-order valence-electron chi connectivity index (χ2n) is 4.22. The highest BCUT2D eigenvalue weighted by atomic mass is 32.1. The molecule has 0 aliphatic carbocycles. The molecule has 3 N–H and O–H groups in total. The number of benzene rings is 1. The Morgan fingerprint density at radius 2 is 2.11 bits per heavy atom. The lowest BCUT2D eigenvalue weighted by Gasteiger charge is -2.19. The minimum Gasteiger partial charge on any atom is -0.493 e. The van der Waals surface area contributed by atoms with E-state index in [0.29, 0.717) is 18.1 Å². The first-order valence-corrected chi connectivity index (χ1v) is 6.94. The molecule has 4 nitrogen and oxygen atoms in total. The van der Waals surface area contributed by atoms with Crippen molar-refractivity contribution in [2.45, 2.75) is 13.3 Å². The molecule has 0 radical (unpaired) electrons. The van der Waals surface area contributed by atoms with Gasteiger partial charge in [-0.2, -0.15) is 0 Å². The number of thiocarbonyl (C=S) groups is 1. The summed E-state index contributed by atoms with van der Waals surface area (Å²) in [5.41, 5.74) is 6.42. The van der Waals surface area contributed by atoms with Crippen molar-refractivity contribution in [3.63, 3.8) is 0 Å². The topological polar surface area (TPSA) is 58.7 Å². The maximum atomic E-state index is 8.90. The van der Waals surface area contributed by atoms with Crippen LogP contribution >= 0.6 is 12.2 Å². The molecule has 0 amide bonds. The summed E-state index contributed by atoms with van der Waals surface area (Å²) in [6.07, 6.45) is 0.902. The second-order valence-corrected chi connectivity index (χ2v) is 4.66. The predicted molar refractivity (Wildman–Crippen MR) is 81.6 cm³/mol. The molecule has 0 heterocycles. The number of hydrogen-bond donors (Lipinski definition) is 2. The van der Waals surface area contributed by atoms with Gasteiger partial charge in [-0.15, -0.1) is 0 Å². The number of aliphatic hydroxyl groups is 1. The lowest BCUT2D eigenvalue weighted by atomic mass is 10.2. The van der Waals surface area contributed by atoms with Crippen LogP contribution in [0.4, 0.5) is 0 Å². The molecular weight excluding hydrogens is 260 g/mol. The number of nitrogens with zero attached hydrogens (tertiary/aromatic N) is 1. The lowest BCUT2D eigenvalue weighted by Crippen LogP contribution is -2.28. The number of hydrogen-bond acceptors (Lipinski definition) is 4. The third-order valence-electron chi connectivity index (χ3n) is 2.89. The second kappa shape index (κ2) is 8.85. The van der Waals surface area contributed by atoms with E-state index in [4.69, 9.17) is 27.8 Å². The number of nitrogens with two attached hydrogens (primary N) is 1. The van der Waals surface area contributed by atoms with E-state index in [2.05, 4.69) is 11.8 Å². The van der Waals surface area contributed by atoms with E-state index in [-0.39, 0.29) is 6.61 Å². The van der Waals surface area contributed by atoms with Gasteiger partial charge in [0.15, 0.2) is 0 Å². The highest BCUT2D eigenvalue weighted by Gasteiger charge is 2.06. The van der Waals surface area contributed by atoms with Crippen LogP contribution in [0.15, 0.2) is 24.3 Å². The Labute approximate surface area is 120 Å². The van der Waals surface area contributed by atoms with Gasteiger partial charge in [0.05, 0.1) is 18.8 Å². The SMILES string of the molecule is CCN(CCO)CCCOc1ccccc1C(N)=S. The molecule has 5 heteroatoms. The summed E-state index contributed by atoms with van der Waals surface area (Å²) in [4.78, 5) is 2.54. The van der Waals surface area contributed by atoms with Gasteiger partial charge >= 0.3 is 0 Å². The molecule has 1 aromatic rings. The molecule has 106 valence electrons. The molecule has 19 heavy (non-hydrogen) atoms. The first-order valence-electron chi connectivity index (χ1n) is 6.53. The Morgan fingerprint density at radius 3 is 2.74 bits per heavy atom. The van der Waals surface area contributed by atoms with E-state index in [9.17, 15) is 0 Å². The maximum absolute atomic E-state index is 8.90. The highest BCUT2D eigenvalue weighted by Crippen LogP contribution is 2.17. The minimum absolute atomic E-state index is 0.193. The van der Waals surface area contributed by atoms with Crippen molar-refractivity contribution in [2.75, 3.05) is 32.8 Å². The van der Waals surface area contributed by atoms with Crippen LogP contribution in [-0.2, 0) is 0 Å². The van der Waals surface area contributed by atoms with Gasteiger partial charge in [0.25, 0.3) is 0 Å². The van der Waals surface area contributed by atoms with Crippen LogP contribution in [0.25, 0.3) is 0 Å². The van der Waals surface area contributed by atoms with Crippen LogP contribution in [0, 0.1) is 0 Å². The summed E-state index contributed by atoms with van der Waals surface area (Å²) >= 11 is 4.98. The molecule has 1 rings (SSSR count). The van der Waals surface area contributed by atoms with Gasteiger partial charge in [-0.1, -0.05) is 31.3 Å². The normalized spacial score (nSPS) is 10.7. The standard InChI is InChI=1S/C14H22N2O2S/c1-2-16(9-10-17)8-5-11-18-13-7-4-3-6-12(13)14(15)19/h3-4,6-7,17H,2,5,8-11H2,1H3,(H2,15,19). The van der Waals surface area contributed by atoms with Crippen LogP contribution in [-0.4, -0.2) is 47.8 Å². The van der Waals surface area contributed by atoms with E-state index in [1.54, 1.807) is 0 Å². The van der Waals surface area contributed by atoms with Crippen LogP contribution in [0.2, 0.25) is 0 Å². The fourth-order valence-corrected chi connectivity index (χ4v) is 2.00. The molecule has 0 bridgehead atoms. The molecule has 0 spiro atoms. The Hall–Kier alpha value is -1.17. The quantitative estimate of drug-likeness (QED) is 0.530. The predicted octanol–water partition coefficient (Wildman–Crippen LogP) is 1.40. The minimum atomic E-state index is 0.193. The van der Waals surface area contributed by atoms with Crippen molar-refractivity contribution < 1.29 is 9.84 Å². The third kappa shape index (κ3) is 5.55. The number of likely N-dealkylation sites (N-methyl/N-ethyl adjacent to an activating group) is 1. The molecule has 0 aliphatic rings. The summed E-state index contributed by atoms with van der Waals surface area (Å²) in [5.74, 6) is 0.736. The Bertz CT molecular complexity index is 399. The largest absolute Gasteiger partial charge is 0.493 e. The Balaban J connectivity index is 2.39. The summed E-state index contributed by atoms with van der Waals surface area (Å²) in [5, 5.41) is 8.90. The fraction of sp³-hybridized carbons (Fsp3) is 0.500. The Kier molecular flexibility index (Phi) is 7.40. The number of ether oxygens (including phenoxy) is 1. The van der Waals surface area contributed by atoms with E-state index >= 15 is 0 Å². The maximum Gasteiger partial charge on any atom is 0.129 e. The van der Waals surface area contributed by atoms with Gasteiger partial charge in [-0.3, -0.25) is 0 Å². The van der Waals surface area contributed by atoms with Gasteiger partial charge in [0.2, 0.25) is 0 Å². The van der Waals surface area contributed by atoms with Crippen LogP contribution in [0.1, 0.15) is 18.9 Å². The summed E-state index contributed by atoms with van der Waals surface area (Å²) in [6.45, 7) is 5.44. The van der Waals surface area contributed by atoms with Gasteiger partial charge in [0, 0.05) is 13.1 Å². The van der Waals surface area contributed by atoms with Gasteiger partial charge in [0.1, 0.15) is 10.7 Å². The molecule has 0 aromatic heterocycles. The molecule has 0 unspecified atom stereocenters. The number of para-hydroxylation sites is 1. The third-order valence-corrected chi connectivity index (χ3v) is 3.11. The van der Waals surface area contributed by atoms with E-state index in [1.165, 1.54) is 0 Å². The average Bonchev–Trinajstić information content (AvgIpc) is 2.42. The van der Waals surface area contributed by atoms with Crippen molar-refractivity contribution in [2.24, 2.45) is 5.73 Å². The van der Waals surface area contributed by atoms with E-state index < -0.39 is 0 Å². The van der Waals surface area contributed by atoms with Crippen molar-refractivity contribution in [3.05, 3.63) is 29.8 Å². The summed E-state index contributed by atoms with van der Waals surface area (Å²) in [6, 6.07) is 7.53. The zero-order chi connectivity index (χ0) is 14.1. The molecular formula is C14H22N2O2S. The Morgan fingerprint density at radius 1 is 1.37 bits per heavy atom.